The van der Waals surface area contributed by atoms with Crippen molar-refractivity contribution in [3.05, 3.63) is 35.4 Å². The maximum Gasteiger partial charge on any atom is 0.0795 e. The van der Waals surface area contributed by atoms with E-state index in [0.29, 0.717) is 0 Å². The van der Waals surface area contributed by atoms with Gasteiger partial charge in [-0.2, -0.15) is 0 Å². The van der Waals surface area contributed by atoms with Gasteiger partial charge in [0, 0.05) is 7.11 Å². The number of fused-ring (bicyclic) bond motifs is 1. The molecule has 0 radical (unpaired) electrons. The Morgan fingerprint density at radius 1 is 1.25 bits per heavy atom. The monoisotopic (exact) mass is 166 g/mol. The molecule has 0 fully saturated rings. The Bertz CT molecular complexity index is 245. The molecule has 1 atom stereocenters. The number of aliphatic hydroxyl groups is 2. The Balaban J connectivity index is 0.000000336. The van der Waals surface area contributed by atoms with Crippen LogP contribution in [-0.4, -0.2) is 17.3 Å². The van der Waals surface area contributed by atoms with Crippen LogP contribution >= 0.6 is 0 Å². The van der Waals surface area contributed by atoms with Crippen LogP contribution in [0.2, 0.25) is 0 Å². The van der Waals surface area contributed by atoms with E-state index in [1.807, 2.05) is 18.2 Å². The molecule has 0 saturated carbocycles. The summed E-state index contributed by atoms with van der Waals surface area (Å²) in [5, 5.41) is 16.4. The van der Waals surface area contributed by atoms with Crippen LogP contribution in [0.1, 0.15) is 23.7 Å². The van der Waals surface area contributed by atoms with Crippen molar-refractivity contribution in [1.29, 1.82) is 0 Å². The lowest BCUT2D eigenvalue weighted by Crippen LogP contribution is -1.88. The van der Waals surface area contributed by atoms with Crippen molar-refractivity contribution < 1.29 is 10.2 Å². The average Bonchev–Trinajstić information content (AvgIpc) is 2.53. The lowest BCUT2D eigenvalue weighted by molar-refractivity contribution is 0.180. The maximum atomic E-state index is 9.38. The van der Waals surface area contributed by atoms with Gasteiger partial charge in [-0.15, -0.1) is 0 Å². The minimum Gasteiger partial charge on any atom is -0.400 e. The molecule has 0 aliphatic heterocycles. The van der Waals surface area contributed by atoms with Crippen LogP contribution in [0.25, 0.3) is 0 Å². The normalized spacial score (nSPS) is 19.4. The SMILES string of the molecule is CO.OC1CCc2ccccc21. The number of hydrogen-bond donors (Lipinski definition) is 2. The second kappa shape index (κ2) is 4.24. The van der Waals surface area contributed by atoms with Gasteiger partial charge in [0.15, 0.2) is 0 Å². The first-order valence-electron chi connectivity index (χ1n) is 4.08. The first kappa shape index (κ1) is 9.23. The average molecular weight is 166 g/mol. The molecule has 0 spiro atoms. The molecule has 66 valence electrons. The Morgan fingerprint density at radius 2 is 1.92 bits per heavy atom. The second-order valence-corrected chi connectivity index (χ2v) is 2.75. The summed E-state index contributed by atoms with van der Waals surface area (Å²) in [4.78, 5) is 0. The van der Waals surface area contributed by atoms with E-state index < -0.39 is 0 Å². The minimum absolute atomic E-state index is 0.198. The van der Waals surface area contributed by atoms with E-state index in [0.717, 1.165) is 25.5 Å². The summed E-state index contributed by atoms with van der Waals surface area (Å²) in [6, 6.07) is 8.10. The summed E-state index contributed by atoms with van der Waals surface area (Å²) in [6.45, 7) is 0. The number of aryl methyl sites for hydroxylation is 1. The lowest BCUT2D eigenvalue weighted by Gasteiger charge is -2.00. The van der Waals surface area contributed by atoms with Gasteiger partial charge < -0.3 is 10.2 Å². The van der Waals surface area contributed by atoms with E-state index >= 15 is 0 Å². The molecule has 0 bridgehead atoms. The van der Waals surface area contributed by atoms with Crippen LogP contribution in [0.15, 0.2) is 24.3 Å². The largest absolute Gasteiger partial charge is 0.400 e. The third-order valence-corrected chi connectivity index (χ3v) is 2.10. The molecule has 0 heterocycles. The van der Waals surface area contributed by atoms with Crippen LogP contribution < -0.4 is 0 Å². The van der Waals surface area contributed by atoms with E-state index in [1.165, 1.54) is 5.56 Å². The zero-order valence-electron chi connectivity index (χ0n) is 7.20. The van der Waals surface area contributed by atoms with Crippen LogP contribution in [0, 0.1) is 0 Å². The highest BCUT2D eigenvalue weighted by Gasteiger charge is 2.18. The first-order valence-corrected chi connectivity index (χ1v) is 4.08. The van der Waals surface area contributed by atoms with Gasteiger partial charge in [0.25, 0.3) is 0 Å². The van der Waals surface area contributed by atoms with Crippen molar-refractivity contribution in [2.24, 2.45) is 0 Å². The predicted octanol–water partition coefficient (Wildman–Crippen LogP) is 1.27. The fourth-order valence-electron chi connectivity index (χ4n) is 1.53. The van der Waals surface area contributed by atoms with E-state index in [1.54, 1.807) is 0 Å². The summed E-state index contributed by atoms with van der Waals surface area (Å²) in [6.07, 6.45) is 1.74. The Labute approximate surface area is 72.5 Å². The molecule has 0 amide bonds. The van der Waals surface area contributed by atoms with Crippen molar-refractivity contribution in [2.45, 2.75) is 18.9 Å². The van der Waals surface area contributed by atoms with Crippen molar-refractivity contribution in [3.8, 4) is 0 Å². The minimum atomic E-state index is -0.198. The summed E-state index contributed by atoms with van der Waals surface area (Å²) in [5.74, 6) is 0. The third-order valence-electron chi connectivity index (χ3n) is 2.10. The van der Waals surface area contributed by atoms with Crippen LogP contribution in [-0.2, 0) is 6.42 Å². The van der Waals surface area contributed by atoms with Gasteiger partial charge in [-0.3, -0.25) is 0 Å². The Hall–Kier alpha value is -0.860. The lowest BCUT2D eigenvalue weighted by atomic mass is 10.1. The highest BCUT2D eigenvalue weighted by Crippen LogP contribution is 2.29. The quantitative estimate of drug-likeness (QED) is 0.609. The zero-order valence-corrected chi connectivity index (χ0v) is 7.20. The maximum absolute atomic E-state index is 9.38. The molecule has 1 aliphatic carbocycles. The smallest absolute Gasteiger partial charge is 0.0795 e. The molecular formula is C10H14O2. The standard InChI is InChI=1S/C9H10O.CH4O/c10-9-6-5-7-3-1-2-4-8(7)9;1-2/h1-4,9-10H,5-6H2;2H,1H3. The van der Waals surface area contributed by atoms with Gasteiger partial charge in [-0.25, -0.2) is 0 Å². The molecule has 2 nitrogen and oxygen atoms in total. The number of hydrogen-bond acceptors (Lipinski definition) is 2. The Kier molecular flexibility index (Phi) is 3.26. The van der Waals surface area contributed by atoms with Crippen molar-refractivity contribution in [2.75, 3.05) is 7.11 Å². The molecule has 0 aromatic heterocycles. The molecule has 1 aliphatic rings. The van der Waals surface area contributed by atoms with Gasteiger partial charge in [0.2, 0.25) is 0 Å². The molecule has 0 saturated heterocycles. The molecule has 12 heavy (non-hydrogen) atoms. The summed E-state index contributed by atoms with van der Waals surface area (Å²) < 4.78 is 0. The van der Waals surface area contributed by atoms with Gasteiger partial charge in [-0.1, -0.05) is 24.3 Å². The molecular weight excluding hydrogens is 152 g/mol. The van der Waals surface area contributed by atoms with Gasteiger partial charge in [0.05, 0.1) is 6.10 Å². The summed E-state index contributed by atoms with van der Waals surface area (Å²) in [5.41, 5.74) is 2.44. The van der Waals surface area contributed by atoms with Crippen LogP contribution in [0.3, 0.4) is 0 Å². The number of benzene rings is 1. The molecule has 2 N–H and O–H groups in total. The van der Waals surface area contributed by atoms with E-state index in [4.69, 9.17) is 5.11 Å². The van der Waals surface area contributed by atoms with Gasteiger partial charge in [-0.05, 0) is 24.0 Å². The molecule has 2 rings (SSSR count). The molecule has 1 aromatic carbocycles. The van der Waals surface area contributed by atoms with Gasteiger partial charge in [0.1, 0.15) is 0 Å². The topological polar surface area (TPSA) is 40.5 Å². The zero-order chi connectivity index (χ0) is 8.97. The fourth-order valence-corrected chi connectivity index (χ4v) is 1.53. The van der Waals surface area contributed by atoms with Crippen LogP contribution in [0.4, 0.5) is 0 Å². The molecule has 1 unspecified atom stereocenters. The van der Waals surface area contributed by atoms with E-state index in [2.05, 4.69) is 6.07 Å². The highest BCUT2D eigenvalue weighted by molar-refractivity contribution is 5.32. The molecule has 1 aromatic rings. The van der Waals surface area contributed by atoms with Crippen molar-refractivity contribution >= 4 is 0 Å². The fraction of sp³-hybridized carbons (Fsp3) is 0.400. The van der Waals surface area contributed by atoms with Crippen molar-refractivity contribution in [3.63, 3.8) is 0 Å². The number of aliphatic hydroxyl groups excluding tert-OH is 2. The summed E-state index contributed by atoms with van der Waals surface area (Å²) in [7, 11) is 1.00. The van der Waals surface area contributed by atoms with E-state index in [-0.39, 0.29) is 6.10 Å². The third kappa shape index (κ3) is 1.65. The van der Waals surface area contributed by atoms with Crippen LogP contribution in [0.5, 0.6) is 0 Å². The summed E-state index contributed by atoms with van der Waals surface area (Å²) >= 11 is 0. The predicted molar refractivity (Wildman–Crippen MR) is 47.9 cm³/mol. The first-order chi connectivity index (χ1) is 5.88. The second-order valence-electron chi connectivity index (χ2n) is 2.75. The van der Waals surface area contributed by atoms with E-state index in [9.17, 15) is 5.11 Å². The Morgan fingerprint density at radius 3 is 2.58 bits per heavy atom. The van der Waals surface area contributed by atoms with Gasteiger partial charge >= 0.3 is 0 Å². The number of rotatable bonds is 0. The highest BCUT2D eigenvalue weighted by atomic mass is 16.3. The molecule has 2 heteroatoms. The van der Waals surface area contributed by atoms with Crippen molar-refractivity contribution in [1.82, 2.24) is 0 Å².